The van der Waals surface area contributed by atoms with Crippen molar-refractivity contribution >= 4 is 28.5 Å². The summed E-state index contributed by atoms with van der Waals surface area (Å²) in [4.78, 5) is 31.7. The van der Waals surface area contributed by atoms with Gasteiger partial charge in [-0.05, 0) is 68.8 Å². The fourth-order valence-electron chi connectivity index (χ4n) is 4.01. The highest BCUT2D eigenvalue weighted by Gasteiger charge is 2.14. The van der Waals surface area contributed by atoms with E-state index in [4.69, 9.17) is 0 Å². The fourth-order valence-corrected chi connectivity index (χ4v) is 4.01. The van der Waals surface area contributed by atoms with Crippen molar-refractivity contribution in [3.05, 3.63) is 89.7 Å². The van der Waals surface area contributed by atoms with Gasteiger partial charge in [-0.25, -0.2) is 4.98 Å². The zero-order chi connectivity index (χ0) is 23.4. The summed E-state index contributed by atoms with van der Waals surface area (Å²) in [6, 6.07) is 22.9. The zero-order valence-electron chi connectivity index (χ0n) is 19.2. The van der Waals surface area contributed by atoms with Crippen molar-refractivity contribution in [1.82, 2.24) is 14.5 Å². The number of likely N-dealkylation sites (N-methyl/N-ethyl adjacent to an activating group) is 1. The number of carbonyl (C=O) groups is 2. The summed E-state index contributed by atoms with van der Waals surface area (Å²) in [5.74, 6) is 0.779. The fraction of sp³-hybridized carbons (Fsp3) is 0.222. The summed E-state index contributed by atoms with van der Waals surface area (Å²) in [5.41, 5.74) is 4.90. The van der Waals surface area contributed by atoms with Gasteiger partial charge >= 0.3 is 0 Å². The Bertz CT molecular complexity index is 1270. The second kappa shape index (κ2) is 9.69. The number of hydrogen-bond acceptors (Lipinski definition) is 3. The van der Waals surface area contributed by atoms with Crippen molar-refractivity contribution in [3.8, 4) is 5.69 Å². The first kappa shape index (κ1) is 22.3. The summed E-state index contributed by atoms with van der Waals surface area (Å²) in [6.45, 7) is 7.32. The molecule has 0 atom stereocenters. The minimum atomic E-state index is -0.192. The van der Waals surface area contributed by atoms with E-state index in [2.05, 4.69) is 10.3 Å². The molecule has 0 bridgehead atoms. The van der Waals surface area contributed by atoms with Crippen LogP contribution in [0.3, 0.4) is 0 Å². The van der Waals surface area contributed by atoms with Crippen molar-refractivity contribution in [3.63, 3.8) is 0 Å². The molecule has 0 fully saturated rings. The quantitative estimate of drug-likeness (QED) is 0.440. The molecule has 1 heterocycles. The van der Waals surface area contributed by atoms with E-state index in [9.17, 15) is 9.59 Å². The van der Waals surface area contributed by atoms with Gasteiger partial charge in [-0.3, -0.25) is 14.2 Å². The number of hydrogen-bond donors (Lipinski definition) is 1. The van der Waals surface area contributed by atoms with Gasteiger partial charge in [0.25, 0.3) is 5.91 Å². The molecular weight excluding hydrogens is 412 g/mol. The first-order chi connectivity index (χ1) is 16.0. The van der Waals surface area contributed by atoms with Crippen LogP contribution in [0.15, 0.2) is 72.8 Å². The second-order valence-corrected chi connectivity index (χ2v) is 7.93. The van der Waals surface area contributed by atoms with Crippen LogP contribution in [0.1, 0.15) is 35.6 Å². The van der Waals surface area contributed by atoms with Crippen molar-refractivity contribution < 1.29 is 9.59 Å². The minimum Gasteiger partial charge on any atom is -0.343 e. The number of anilines is 1. The Kier molecular flexibility index (Phi) is 6.54. The Morgan fingerprint density at radius 1 is 0.939 bits per heavy atom. The number of para-hydroxylation sites is 1. The van der Waals surface area contributed by atoms with E-state index in [1.807, 2.05) is 97.0 Å². The Morgan fingerprint density at radius 2 is 1.64 bits per heavy atom. The van der Waals surface area contributed by atoms with Crippen molar-refractivity contribution in [2.24, 2.45) is 0 Å². The van der Waals surface area contributed by atoms with E-state index < -0.39 is 0 Å². The van der Waals surface area contributed by atoms with Crippen LogP contribution in [0.25, 0.3) is 16.7 Å². The number of fused-ring (bicyclic) bond motifs is 1. The van der Waals surface area contributed by atoms with Crippen molar-refractivity contribution in [1.29, 1.82) is 0 Å². The van der Waals surface area contributed by atoms with Gasteiger partial charge in [0.1, 0.15) is 5.82 Å². The van der Waals surface area contributed by atoms with Gasteiger partial charge < -0.3 is 10.2 Å². The SMILES string of the molecule is CCN(CC)C(=O)Cc1ccc(NC(=O)c2ccc3nc(C)n(-c4ccccc4)c3c2)cc1. The molecule has 2 amide bonds. The molecule has 0 aliphatic carbocycles. The number of carbonyl (C=O) groups excluding carboxylic acids is 2. The van der Waals surface area contributed by atoms with Gasteiger partial charge in [0, 0.05) is 30.0 Å². The van der Waals surface area contributed by atoms with E-state index >= 15 is 0 Å². The number of nitrogens with one attached hydrogen (secondary N) is 1. The predicted molar refractivity (Wildman–Crippen MR) is 132 cm³/mol. The summed E-state index contributed by atoms with van der Waals surface area (Å²) in [6.07, 6.45) is 0.357. The van der Waals surface area contributed by atoms with Gasteiger partial charge in [0.15, 0.2) is 0 Å². The van der Waals surface area contributed by atoms with Gasteiger partial charge in [-0.1, -0.05) is 30.3 Å². The number of aromatic nitrogens is 2. The molecule has 6 nitrogen and oxygen atoms in total. The normalized spacial score (nSPS) is 10.9. The molecular formula is C27H28N4O2. The van der Waals surface area contributed by atoms with Crippen LogP contribution in [0.2, 0.25) is 0 Å². The summed E-state index contributed by atoms with van der Waals surface area (Å²) < 4.78 is 2.05. The van der Waals surface area contributed by atoms with Crippen LogP contribution >= 0.6 is 0 Å². The maximum atomic E-state index is 12.9. The maximum absolute atomic E-state index is 12.9. The number of aryl methyl sites for hydroxylation is 1. The van der Waals surface area contributed by atoms with Crippen LogP contribution in [0.4, 0.5) is 5.69 Å². The highest BCUT2D eigenvalue weighted by Crippen LogP contribution is 2.23. The molecule has 1 N–H and O–H groups in total. The van der Waals surface area contributed by atoms with Crippen molar-refractivity contribution in [2.45, 2.75) is 27.2 Å². The van der Waals surface area contributed by atoms with Crippen LogP contribution in [-0.4, -0.2) is 39.4 Å². The standard InChI is InChI=1S/C27H28N4O2/c1-4-30(5-2)26(32)17-20-11-14-22(15-12-20)29-27(33)21-13-16-24-25(18-21)31(19(3)28-24)23-9-7-6-8-10-23/h6-16,18H,4-5,17H2,1-3H3,(H,29,33). The van der Waals surface area contributed by atoms with Gasteiger partial charge in [0.05, 0.1) is 17.5 Å². The number of benzene rings is 3. The zero-order valence-corrected chi connectivity index (χ0v) is 19.2. The maximum Gasteiger partial charge on any atom is 0.255 e. The molecule has 0 aliphatic rings. The Hall–Kier alpha value is -3.93. The third-order valence-electron chi connectivity index (χ3n) is 5.78. The monoisotopic (exact) mass is 440 g/mol. The first-order valence-corrected chi connectivity index (χ1v) is 11.2. The number of imidazole rings is 1. The third kappa shape index (κ3) is 4.80. The highest BCUT2D eigenvalue weighted by molar-refractivity contribution is 6.06. The molecule has 0 aliphatic heterocycles. The van der Waals surface area contributed by atoms with E-state index in [0.29, 0.717) is 30.8 Å². The van der Waals surface area contributed by atoms with Gasteiger partial charge in [-0.2, -0.15) is 0 Å². The molecule has 168 valence electrons. The first-order valence-electron chi connectivity index (χ1n) is 11.2. The van der Waals surface area contributed by atoms with Crippen LogP contribution in [0, 0.1) is 6.92 Å². The summed E-state index contributed by atoms with van der Waals surface area (Å²) in [5, 5.41) is 2.95. The Balaban J connectivity index is 1.52. The summed E-state index contributed by atoms with van der Waals surface area (Å²) >= 11 is 0. The molecule has 1 aromatic heterocycles. The predicted octanol–water partition coefficient (Wildman–Crippen LogP) is 5.00. The molecule has 0 saturated carbocycles. The third-order valence-corrected chi connectivity index (χ3v) is 5.78. The smallest absolute Gasteiger partial charge is 0.255 e. The van der Waals surface area contributed by atoms with E-state index in [1.165, 1.54) is 0 Å². The highest BCUT2D eigenvalue weighted by atomic mass is 16.2. The molecule has 3 aromatic carbocycles. The topological polar surface area (TPSA) is 67.2 Å². The molecule has 33 heavy (non-hydrogen) atoms. The number of nitrogens with zero attached hydrogens (tertiary/aromatic N) is 3. The molecule has 4 rings (SSSR count). The van der Waals surface area contributed by atoms with E-state index in [0.717, 1.165) is 28.1 Å². The molecule has 0 saturated heterocycles. The lowest BCUT2D eigenvalue weighted by molar-refractivity contribution is -0.130. The molecule has 0 spiro atoms. The number of rotatable bonds is 7. The van der Waals surface area contributed by atoms with Gasteiger partial charge in [0.2, 0.25) is 5.91 Å². The van der Waals surface area contributed by atoms with E-state index in [1.54, 1.807) is 6.07 Å². The van der Waals surface area contributed by atoms with Crippen LogP contribution in [0.5, 0.6) is 0 Å². The lowest BCUT2D eigenvalue weighted by atomic mass is 10.1. The molecule has 4 aromatic rings. The lowest BCUT2D eigenvalue weighted by Crippen LogP contribution is -2.31. The summed E-state index contributed by atoms with van der Waals surface area (Å²) in [7, 11) is 0. The van der Waals surface area contributed by atoms with Crippen LogP contribution < -0.4 is 5.32 Å². The van der Waals surface area contributed by atoms with Gasteiger partial charge in [-0.15, -0.1) is 0 Å². The van der Waals surface area contributed by atoms with Crippen LogP contribution in [-0.2, 0) is 11.2 Å². The molecule has 6 heteroatoms. The average molecular weight is 441 g/mol. The average Bonchev–Trinajstić information content (AvgIpc) is 3.16. The number of amides is 2. The largest absolute Gasteiger partial charge is 0.343 e. The molecule has 0 unspecified atom stereocenters. The Morgan fingerprint density at radius 3 is 2.30 bits per heavy atom. The minimum absolute atomic E-state index is 0.107. The van der Waals surface area contributed by atoms with Crippen molar-refractivity contribution in [2.75, 3.05) is 18.4 Å². The van der Waals surface area contributed by atoms with E-state index in [-0.39, 0.29) is 11.8 Å². The molecule has 0 radical (unpaired) electrons. The Labute approximate surface area is 193 Å². The lowest BCUT2D eigenvalue weighted by Gasteiger charge is -2.18. The second-order valence-electron chi connectivity index (χ2n) is 7.93.